The molecule has 1 aliphatic heterocycles. The number of ether oxygens (including phenoxy) is 1. The molecule has 1 heterocycles. The van der Waals surface area contributed by atoms with Gasteiger partial charge in [0.1, 0.15) is 12.3 Å². The van der Waals surface area contributed by atoms with Gasteiger partial charge in [-0.15, -0.1) is 0 Å². The summed E-state index contributed by atoms with van der Waals surface area (Å²) in [4.78, 5) is 35.1. The number of aryl methyl sites for hydroxylation is 1. The highest BCUT2D eigenvalue weighted by Crippen LogP contribution is 2.29. The molecule has 0 aliphatic carbocycles. The molecule has 0 radical (unpaired) electrons. The highest BCUT2D eigenvalue weighted by atomic mass is 16.5. The fraction of sp³-hybridized carbons (Fsp3) is 0.250. The summed E-state index contributed by atoms with van der Waals surface area (Å²) in [5.41, 5.74) is 1.12. The van der Waals surface area contributed by atoms with E-state index in [1.165, 1.54) is 19.2 Å². The minimum absolute atomic E-state index is 0.184. The summed E-state index contributed by atoms with van der Waals surface area (Å²) in [6.45, 7) is 1.12. The number of rotatable bonds is 3. The van der Waals surface area contributed by atoms with E-state index in [0.717, 1.165) is 5.56 Å². The van der Waals surface area contributed by atoms with Gasteiger partial charge in [-0.2, -0.15) is 0 Å². The molecule has 0 fully saturated rings. The third-order valence-corrected chi connectivity index (χ3v) is 2.78. The lowest BCUT2D eigenvalue weighted by molar-refractivity contribution is -0.137. The van der Waals surface area contributed by atoms with Gasteiger partial charge < -0.3 is 9.84 Å². The van der Waals surface area contributed by atoms with Gasteiger partial charge in [0.05, 0.1) is 18.2 Å². The largest absolute Gasteiger partial charge is 0.496 e. The van der Waals surface area contributed by atoms with Gasteiger partial charge in [-0.3, -0.25) is 19.3 Å². The number of hydrogen-bond acceptors (Lipinski definition) is 4. The Morgan fingerprint density at radius 1 is 1.28 bits per heavy atom. The lowest BCUT2D eigenvalue weighted by Gasteiger charge is -2.09. The first-order valence-electron chi connectivity index (χ1n) is 5.22. The number of carbonyl (C=O) groups is 3. The lowest BCUT2D eigenvalue weighted by atomic mass is 10.1. The van der Waals surface area contributed by atoms with Gasteiger partial charge in [0, 0.05) is 0 Å². The number of methoxy groups -OCH3 is 1. The summed E-state index contributed by atoms with van der Waals surface area (Å²) in [6.07, 6.45) is 0. The predicted octanol–water partition coefficient (Wildman–Crippen LogP) is 0.684. The molecule has 0 saturated carbocycles. The van der Waals surface area contributed by atoms with Gasteiger partial charge >= 0.3 is 5.97 Å². The Hall–Kier alpha value is -2.37. The Kier molecular flexibility index (Phi) is 2.78. The highest BCUT2D eigenvalue weighted by Gasteiger charge is 2.37. The maximum absolute atomic E-state index is 11.9. The molecule has 1 aromatic rings. The van der Waals surface area contributed by atoms with Crippen LogP contribution < -0.4 is 4.74 Å². The highest BCUT2D eigenvalue weighted by molar-refractivity contribution is 6.22. The lowest BCUT2D eigenvalue weighted by Crippen LogP contribution is -2.34. The van der Waals surface area contributed by atoms with Crippen molar-refractivity contribution in [2.24, 2.45) is 0 Å². The number of imide groups is 1. The van der Waals surface area contributed by atoms with Crippen LogP contribution >= 0.6 is 0 Å². The average molecular weight is 249 g/mol. The van der Waals surface area contributed by atoms with Crippen molar-refractivity contribution in [2.75, 3.05) is 13.7 Å². The van der Waals surface area contributed by atoms with Gasteiger partial charge in [-0.05, 0) is 24.6 Å². The fourth-order valence-electron chi connectivity index (χ4n) is 1.92. The number of aliphatic carboxylic acids is 1. The molecule has 1 aliphatic rings. The minimum atomic E-state index is -1.23. The summed E-state index contributed by atoms with van der Waals surface area (Å²) >= 11 is 0. The molecule has 6 heteroatoms. The molecule has 0 bridgehead atoms. The van der Waals surface area contributed by atoms with E-state index in [1.807, 2.05) is 0 Å². The molecule has 1 aromatic carbocycles. The first-order chi connectivity index (χ1) is 8.45. The van der Waals surface area contributed by atoms with E-state index in [1.54, 1.807) is 6.92 Å². The summed E-state index contributed by atoms with van der Waals surface area (Å²) in [7, 11) is 1.46. The maximum atomic E-state index is 11.9. The summed E-state index contributed by atoms with van der Waals surface area (Å²) in [6, 6.07) is 3.00. The van der Waals surface area contributed by atoms with Crippen molar-refractivity contribution in [3.63, 3.8) is 0 Å². The van der Waals surface area contributed by atoms with Crippen LogP contribution in [0, 0.1) is 6.92 Å². The summed E-state index contributed by atoms with van der Waals surface area (Å²) in [5, 5.41) is 8.67. The van der Waals surface area contributed by atoms with E-state index < -0.39 is 24.3 Å². The Morgan fingerprint density at radius 3 is 2.33 bits per heavy atom. The van der Waals surface area contributed by atoms with Crippen molar-refractivity contribution in [1.82, 2.24) is 4.90 Å². The third kappa shape index (κ3) is 1.71. The second-order valence-electron chi connectivity index (χ2n) is 3.96. The summed E-state index contributed by atoms with van der Waals surface area (Å²) < 4.78 is 5.07. The Balaban J connectivity index is 2.49. The quantitative estimate of drug-likeness (QED) is 0.796. The smallest absolute Gasteiger partial charge is 0.323 e. The van der Waals surface area contributed by atoms with E-state index >= 15 is 0 Å². The number of hydrogen-bond donors (Lipinski definition) is 1. The van der Waals surface area contributed by atoms with Crippen molar-refractivity contribution >= 4 is 17.8 Å². The number of fused-ring (bicyclic) bond motifs is 1. The standard InChI is InChI=1S/C12H11NO5/c1-6-3-7-8(4-9(6)18-2)12(17)13(11(7)16)5-10(14)15/h3-4H,5H2,1-2H3,(H,14,15). The zero-order chi connectivity index (χ0) is 13.4. The zero-order valence-electron chi connectivity index (χ0n) is 9.89. The van der Waals surface area contributed by atoms with Crippen LogP contribution in [0.4, 0.5) is 0 Å². The van der Waals surface area contributed by atoms with E-state index in [9.17, 15) is 14.4 Å². The van der Waals surface area contributed by atoms with Gasteiger partial charge in [-0.1, -0.05) is 0 Å². The van der Waals surface area contributed by atoms with Crippen LogP contribution in [0.3, 0.4) is 0 Å². The third-order valence-electron chi connectivity index (χ3n) is 2.78. The Bertz CT molecular complexity index is 564. The molecule has 0 spiro atoms. The minimum Gasteiger partial charge on any atom is -0.496 e. The van der Waals surface area contributed by atoms with E-state index in [4.69, 9.17) is 9.84 Å². The first-order valence-corrected chi connectivity index (χ1v) is 5.22. The monoisotopic (exact) mass is 249 g/mol. The topological polar surface area (TPSA) is 83.9 Å². The van der Waals surface area contributed by atoms with Crippen molar-refractivity contribution in [3.05, 3.63) is 28.8 Å². The van der Waals surface area contributed by atoms with E-state index in [-0.39, 0.29) is 11.1 Å². The normalized spacial score (nSPS) is 13.8. The van der Waals surface area contributed by atoms with Crippen LogP contribution in [0.25, 0.3) is 0 Å². The molecule has 6 nitrogen and oxygen atoms in total. The molecule has 0 aromatic heterocycles. The van der Waals surface area contributed by atoms with Crippen LogP contribution in [0.5, 0.6) is 5.75 Å². The van der Waals surface area contributed by atoms with Crippen molar-refractivity contribution in [1.29, 1.82) is 0 Å². The Labute approximate surface area is 103 Å². The average Bonchev–Trinajstić information content (AvgIpc) is 2.53. The first kappa shape index (κ1) is 12.1. The molecule has 18 heavy (non-hydrogen) atoms. The number of amides is 2. The number of carbonyl (C=O) groups excluding carboxylic acids is 2. The number of carboxylic acids is 1. The molecular weight excluding hydrogens is 238 g/mol. The molecule has 0 atom stereocenters. The Morgan fingerprint density at radius 2 is 1.83 bits per heavy atom. The van der Waals surface area contributed by atoms with Crippen LogP contribution in [0.1, 0.15) is 26.3 Å². The van der Waals surface area contributed by atoms with E-state index in [2.05, 4.69) is 0 Å². The molecule has 0 saturated heterocycles. The van der Waals surface area contributed by atoms with Gasteiger partial charge in [0.25, 0.3) is 11.8 Å². The molecule has 94 valence electrons. The van der Waals surface area contributed by atoms with E-state index in [0.29, 0.717) is 10.6 Å². The van der Waals surface area contributed by atoms with Crippen LogP contribution in [0.2, 0.25) is 0 Å². The van der Waals surface area contributed by atoms with Crippen LogP contribution in [-0.2, 0) is 4.79 Å². The number of carboxylic acid groups (broad SMARTS) is 1. The predicted molar refractivity (Wildman–Crippen MR) is 60.7 cm³/mol. The molecule has 2 amide bonds. The van der Waals surface area contributed by atoms with Crippen LogP contribution in [0.15, 0.2) is 12.1 Å². The summed E-state index contributed by atoms with van der Waals surface area (Å²) in [5.74, 6) is -1.92. The van der Waals surface area contributed by atoms with Crippen molar-refractivity contribution in [2.45, 2.75) is 6.92 Å². The van der Waals surface area contributed by atoms with Crippen molar-refractivity contribution < 1.29 is 24.2 Å². The van der Waals surface area contributed by atoms with Gasteiger partial charge in [0.2, 0.25) is 0 Å². The van der Waals surface area contributed by atoms with Gasteiger partial charge in [-0.25, -0.2) is 0 Å². The SMILES string of the molecule is COc1cc2c(cc1C)C(=O)N(CC(=O)O)C2=O. The molecular formula is C12H11NO5. The van der Waals surface area contributed by atoms with Crippen LogP contribution in [-0.4, -0.2) is 41.4 Å². The zero-order valence-corrected chi connectivity index (χ0v) is 9.89. The molecule has 1 N–H and O–H groups in total. The molecule has 2 rings (SSSR count). The number of nitrogens with zero attached hydrogens (tertiary/aromatic N) is 1. The van der Waals surface area contributed by atoms with Gasteiger partial charge in [0.15, 0.2) is 0 Å². The second-order valence-corrected chi connectivity index (χ2v) is 3.96. The number of benzene rings is 1. The molecule has 0 unspecified atom stereocenters. The second kappa shape index (κ2) is 4.14. The maximum Gasteiger partial charge on any atom is 0.323 e. The van der Waals surface area contributed by atoms with Crippen molar-refractivity contribution in [3.8, 4) is 5.75 Å². The fourth-order valence-corrected chi connectivity index (χ4v) is 1.92.